The summed E-state index contributed by atoms with van der Waals surface area (Å²) < 4.78 is 0. The van der Waals surface area contributed by atoms with Gasteiger partial charge >= 0.3 is 0 Å². The van der Waals surface area contributed by atoms with E-state index in [-0.39, 0.29) is 5.91 Å². The first-order valence-electron chi connectivity index (χ1n) is 10.6. The highest BCUT2D eigenvalue weighted by Crippen LogP contribution is 2.24. The Labute approximate surface area is 169 Å². The first-order chi connectivity index (χ1) is 13.6. The third-order valence-electron chi connectivity index (χ3n) is 5.79. The third-order valence-corrected chi connectivity index (χ3v) is 5.79. The van der Waals surface area contributed by atoms with E-state index in [2.05, 4.69) is 48.0 Å². The number of amides is 1. The van der Waals surface area contributed by atoms with E-state index in [1.54, 1.807) is 0 Å². The van der Waals surface area contributed by atoms with Gasteiger partial charge in [0.15, 0.2) is 0 Å². The van der Waals surface area contributed by atoms with E-state index in [0.29, 0.717) is 5.56 Å². The van der Waals surface area contributed by atoms with Crippen LogP contribution in [0, 0.1) is 5.92 Å². The maximum absolute atomic E-state index is 12.6. The van der Waals surface area contributed by atoms with Gasteiger partial charge in [0.25, 0.3) is 5.91 Å². The number of piperidine rings is 1. The molecule has 0 aliphatic carbocycles. The Hall–Kier alpha value is -2.33. The maximum atomic E-state index is 12.6. The van der Waals surface area contributed by atoms with Gasteiger partial charge in [-0.1, -0.05) is 32.9 Å². The van der Waals surface area contributed by atoms with Crippen molar-refractivity contribution in [3.05, 3.63) is 59.7 Å². The molecule has 28 heavy (non-hydrogen) atoms. The molecular formula is C24H33N3O. The number of carbonyl (C=O) groups excluding carboxylic acids is 1. The molecule has 0 radical (unpaired) electrons. The highest BCUT2D eigenvalue weighted by Gasteiger charge is 2.16. The Balaban J connectivity index is 1.57. The molecule has 1 heterocycles. The minimum atomic E-state index is -0.0612. The van der Waals surface area contributed by atoms with Crippen molar-refractivity contribution in [3.63, 3.8) is 0 Å². The van der Waals surface area contributed by atoms with Crippen molar-refractivity contribution in [2.75, 3.05) is 36.4 Å². The Morgan fingerprint density at radius 1 is 1.00 bits per heavy atom. The highest BCUT2D eigenvalue weighted by molar-refractivity contribution is 6.04. The van der Waals surface area contributed by atoms with Gasteiger partial charge in [-0.15, -0.1) is 0 Å². The van der Waals surface area contributed by atoms with Crippen molar-refractivity contribution in [2.45, 2.75) is 40.2 Å². The van der Waals surface area contributed by atoms with Crippen molar-refractivity contribution in [1.82, 2.24) is 4.90 Å². The van der Waals surface area contributed by atoms with Crippen molar-refractivity contribution >= 4 is 17.3 Å². The smallest absolute Gasteiger partial charge is 0.255 e. The molecule has 4 nitrogen and oxygen atoms in total. The molecule has 0 spiro atoms. The average molecular weight is 380 g/mol. The average Bonchev–Trinajstić information content (AvgIpc) is 2.73. The van der Waals surface area contributed by atoms with Crippen molar-refractivity contribution < 1.29 is 4.79 Å². The van der Waals surface area contributed by atoms with Gasteiger partial charge in [0.2, 0.25) is 0 Å². The number of rotatable bonds is 7. The molecule has 3 rings (SSSR count). The molecule has 1 fully saturated rings. The molecule has 1 aliphatic heterocycles. The van der Waals surface area contributed by atoms with Gasteiger partial charge in [-0.3, -0.25) is 9.69 Å². The summed E-state index contributed by atoms with van der Waals surface area (Å²) in [6.07, 6.45) is 2.51. The second kappa shape index (κ2) is 9.74. The Kier molecular flexibility index (Phi) is 7.10. The van der Waals surface area contributed by atoms with Crippen LogP contribution < -0.4 is 10.2 Å². The Morgan fingerprint density at radius 2 is 1.61 bits per heavy atom. The van der Waals surface area contributed by atoms with Crippen LogP contribution in [-0.2, 0) is 6.54 Å². The van der Waals surface area contributed by atoms with E-state index in [1.165, 1.54) is 24.1 Å². The van der Waals surface area contributed by atoms with E-state index in [9.17, 15) is 4.79 Å². The largest absolute Gasteiger partial charge is 0.372 e. The number of hydrogen-bond donors (Lipinski definition) is 1. The Bertz CT molecular complexity index is 742. The summed E-state index contributed by atoms with van der Waals surface area (Å²) in [4.78, 5) is 17.3. The monoisotopic (exact) mass is 379 g/mol. The fourth-order valence-electron chi connectivity index (χ4n) is 3.69. The van der Waals surface area contributed by atoms with E-state index in [1.807, 2.05) is 36.4 Å². The minimum Gasteiger partial charge on any atom is -0.372 e. The molecule has 0 unspecified atom stereocenters. The van der Waals surface area contributed by atoms with Crippen LogP contribution >= 0.6 is 0 Å². The molecular weight excluding hydrogens is 346 g/mol. The summed E-state index contributed by atoms with van der Waals surface area (Å²) >= 11 is 0. The molecule has 2 aromatic rings. The number of hydrogen-bond acceptors (Lipinski definition) is 3. The van der Waals surface area contributed by atoms with Gasteiger partial charge in [-0.2, -0.15) is 0 Å². The molecule has 0 atom stereocenters. The summed E-state index contributed by atoms with van der Waals surface area (Å²) in [6.45, 7) is 11.9. The van der Waals surface area contributed by atoms with E-state index < -0.39 is 0 Å². The summed E-state index contributed by atoms with van der Waals surface area (Å²) in [7, 11) is 0. The number of carbonyl (C=O) groups is 1. The van der Waals surface area contributed by atoms with Crippen LogP contribution in [0.1, 0.15) is 49.5 Å². The van der Waals surface area contributed by atoms with Crippen molar-refractivity contribution in [1.29, 1.82) is 0 Å². The zero-order valence-corrected chi connectivity index (χ0v) is 17.4. The lowest BCUT2D eigenvalue weighted by Gasteiger charge is -2.32. The SMILES string of the molecule is CCN(CC)Cc1ccc(C(=O)Nc2ccc(N3CCC(C)CC3)cc2)cc1. The van der Waals surface area contributed by atoms with Crippen LogP contribution in [0.25, 0.3) is 0 Å². The number of anilines is 2. The van der Waals surface area contributed by atoms with E-state index in [4.69, 9.17) is 0 Å². The molecule has 0 aromatic heterocycles. The van der Waals surface area contributed by atoms with Crippen LogP contribution in [0.4, 0.5) is 11.4 Å². The fraction of sp³-hybridized carbons (Fsp3) is 0.458. The van der Waals surface area contributed by atoms with Gasteiger partial charge in [-0.25, -0.2) is 0 Å². The summed E-state index contributed by atoms with van der Waals surface area (Å²) in [5.41, 5.74) is 4.01. The molecule has 1 saturated heterocycles. The highest BCUT2D eigenvalue weighted by atomic mass is 16.1. The van der Waals surface area contributed by atoms with Crippen LogP contribution in [0.3, 0.4) is 0 Å². The molecule has 0 bridgehead atoms. The van der Waals surface area contributed by atoms with Gasteiger partial charge in [-0.05, 0) is 73.8 Å². The fourth-order valence-corrected chi connectivity index (χ4v) is 3.69. The molecule has 150 valence electrons. The van der Waals surface area contributed by atoms with Crippen molar-refractivity contribution in [2.24, 2.45) is 5.92 Å². The van der Waals surface area contributed by atoms with E-state index in [0.717, 1.165) is 44.3 Å². The number of nitrogens with one attached hydrogen (secondary N) is 1. The van der Waals surface area contributed by atoms with Crippen LogP contribution in [-0.4, -0.2) is 37.0 Å². The maximum Gasteiger partial charge on any atom is 0.255 e. The molecule has 1 aliphatic rings. The normalized spacial score (nSPS) is 15.1. The zero-order valence-electron chi connectivity index (χ0n) is 17.4. The predicted molar refractivity (Wildman–Crippen MR) is 118 cm³/mol. The molecule has 1 N–H and O–H groups in total. The molecule has 0 saturated carbocycles. The summed E-state index contributed by atoms with van der Waals surface area (Å²) in [5, 5.41) is 3.01. The predicted octanol–water partition coefficient (Wildman–Crippen LogP) is 5.02. The third kappa shape index (κ3) is 5.35. The van der Waals surface area contributed by atoms with Gasteiger partial charge in [0, 0.05) is 36.6 Å². The van der Waals surface area contributed by atoms with Gasteiger partial charge in [0.05, 0.1) is 0 Å². The first kappa shape index (κ1) is 20.4. The molecule has 4 heteroatoms. The lowest BCUT2D eigenvalue weighted by molar-refractivity contribution is 0.102. The summed E-state index contributed by atoms with van der Waals surface area (Å²) in [5.74, 6) is 0.766. The van der Waals surface area contributed by atoms with Crippen LogP contribution in [0.15, 0.2) is 48.5 Å². The van der Waals surface area contributed by atoms with Gasteiger partial charge in [0.1, 0.15) is 0 Å². The standard InChI is InChI=1S/C24H33N3O/c1-4-26(5-2)18-20-6-8-21(9-7-20)24(28)25-22-10-12-23(13-11-22)27-16-14-19(3)15-17-27/h6-13,19H,4-5,14-18H2,1-3H3,(H,25,28). The van der Waals surface area contributed by atoms with E-state index >= 15 is 0 Å². The first-order valence-corrected chi connectivity index (χ1v) is 10.6. The second-order valence-electron chi connectivity index (χ2n) is 7.83. The summed E-state index contributed by atoms with van der Waals surface area (Å²) in [6, 6.07) is 16.1. The minimum absolute atomic E-state index is 0.0612. The van der Waals surface area contributed by atoms with Crippen LogP contribution in [0.2, 0.25) is 0 Å². The molecule has 1 amide bonds. The number of benzene rings is 2. The van der Waals surface area contributed by atoms with Gasteiger partial charge < -0.3 is 10.2 Å². The topological polar surface area (TPSA) is 35.6 Å². The quantitative estimate of drug-likeness (QED) is 0.734. The second-order valence-corrected chi connectivity index (χ2v) is 7.83. The van der Waals surface area contributed by atoms with Crippen molar-refractivity contribution in [3.8, 4) is 0 Å². The molecule has 2 aromatic carbocycles. The lowest BCUT2D eigenvalue weighted by Crippen LogP contribution is -2.32. The Morgan fingerprint density at radius 3 is 2.18 bits per heavy atom. The van der Waals surface area contributed by atoms with Crippen LogP contribution in [0.5, 0.6) is 0 Å². The zero-order chi connectivity index (χ0) is 19.9. The lowest BCUT2D eigenvalue weighted by atomic mass is 9.99. The number of nitrogens with zero attached hydrogens (tertiary/aromatic N) is 2.